The van der Waals surface area contributed by atoms with Crippen molar-refractivity contribution in [3.8, 4) is 5.75 Å². The van der Waals surface area contributed by atoms with Crippen LogP contribution in [0.2, 0.25) is 5.02 Å². The second-order valence-electron chi connectivity index (χ2n) is 9.39. The summed E-state index contributed by atoms with van der Waals surface area (Å²) in [6, 6.07) is 14.5. The molecule has 0 bridgehead atoms. The highest BCUT2D eigenvalue weighted by Gasteiger charge is 2.30. The van der Waals surface area contributed by atoms with Gasteiger partial charge in [0.2, 0.25) is 5.91 Å². The van der Waals surface area contributed by atoms with E-state index in [2.05, 4.69) is 26.1 Å². The van der Waals surface area contributed by atoms with Crippen LogP contribution in [0.4, 0.5) is 0 Å². The molecule has 33 heavy (non-hydrogen) atoms. The Morgan fingerprint density at radius 3 is 2.27 bits per heavy atom. The Bertz CT molecular complexity index is 939. The fourth-order valence-corrected chi connectivity index (χ4v) is 3.80. The fourth-order valence-electron chi connectivity index (χ4n) is 3.61. The van der Waals surface area contributed by atoms with Gasteiger partial charge >= 0.3 is 0 Å². The van der Waals surface area contributed by atoms with Gasteiger partial charge in [-0.25, -0.2) is 0 Å². The highest BCUT2D eigenvalue weighted by Crippen LogP contribution is 2.31. The molecule has 0 radical (unpaired) electrons. The van der Waals surface area contributed by atoms with Crippen molar-refractivity contribution in [1.29, 1.82) is 0 Å². The highest BCUT2D eigenvalue weighted by molar-refractivity contribution is 6.31. The maximum atomic E-state index is 13.4. The molecule has 1 N–H and O–H groups in total. The second-order valence-corrected chi connectivity index (χ2v) is 9.80. The van der Waals surface area contributed by atoms with Crippen LogP contribution in [0.15, 0.2) is 48.5 Å². The fraction of sp³-hybridized carbons (Fsp3) is 0.481. The minimum Gasteiger partial charge on any atom is -0.483 e. The number of ether oxygens (including phenoxy) is 1. The molecule has 0 aliphatic carbocycles. The van der Waals surface area contributed by atoms with Gasteiger partial charge in [-0.15, -0.1) is 0 Å². The summed E-state index contributed by atoms with van der Waals surface area (Å²) in [6.07, 6.45) is 1.30. The van der Waals surface area contributed by atoms with Crippen LogP contribution in [0.3, 0.4) is 0 Å². The van der Waals surface area contributed by atoms with Gasteiger partial charge in [0.05, 0.1) is 0 Å². The highest BCUT2D eigenvalue weighted by atomic mass is 35.5. The van der Waals surface area contributed by atoms with Gasteiger partial charge in [-0.05, 0) is 48.4 Å². The number of para-hydroxylation sites is 1. The van der Waals surface area contributed by atoms with E-state index in [1.54, 1.807) is 11.0 Å². The number of carbonyl (C=O) groups excluding carboxylic acids is 2. The molecular weight excluding hydrogens is 436 g/mol. The smallest absolute Gasteiger partial charge is 0.261 e. The maximum Gasteiger partial charge on any atom is 0.261 e. The molecule has 0 spiro atoms. The lowest BCUT2D eigenvalue weighted by Gasteiger charge is -2.32. The van der Waals surface area contributed by atoms with E-state index < -0.39 is 6.04 Å². The zero-order chi connectivity index (χ0) is 24.6. The number of carbonyl (C=O) groups is 2. The summed E-state index contributed by atoms with van der Waals surface area (Å²) in [7, 11) is 0. The van der Waals surface area contributed by atoms with Crippen LogP contribution in [-0.2, 0) is 21.5 Å². The molecule has 0 unspecified atom stereocenters. The van der Waals surface area contributed by atoms with Crippen LogP contribution in [0.5, 0.6) is 5.75 Å². The zero-order valence-corrected chi connectivity index (χ0v) is 21.4. The van der Waals surface area contributed by atoms with E-state index in [4.69, 9.17) is 16.3 Å². The lowest BCUT2D eigenvalue weighted by molar-refractivity contribution is -0.143. The Morgan fingerprint density at radius 2 is 1.67 bits per heavy atom. The average molecular weight is 473 g/mol. The lowest BCUT2D eigenvalue weighted by atomic mass is 9.86. The van der Waals surface area contributed by atoms with Crippen LogP contribution in [0.1, 0.15) is 65.5 Å². The summed E-state index contributed by atoms with van der Waals surface area (Å²) in [5.74, 6) is 0.250. The molecule has 0 fully saturated rings. The number of benzene rings is 2. The van der Waals surface area contributed by atoms with E-state index >= 15 is 0 Å². The second kappa shape index (κ2) is 12.1. The lowest BCUT2D eigenvalue weighted by Crippen LogP contribution is -2.51. The van der Waals surface area contributed by atoms with Gasteiger partial charge in [0, 0.05) is 17.6 Å². The van der Waals surface area contributed by atoms with Crippen molar-refractivity contribution in [3.63, 3.8) is 0 Å². The number of halogens is 1. The summed E-state index contributed by atoms with van der Waals surface area (Å²) >= 11 is 6.38. The third-order valence-corrected chi connectivity index (χ3v) is 6.10. The van der Waals surface area contributed by atoms with E-state index in [-0.39, 0.29) is 36.4 Å². The monoisotopic (exact) mass is 472 g/mol. The molecule has 180 valence electrons. The Hall–Kier alpha value is -2.53. The van der Waals surface area contributed by atoms with Crippen molar-refractivity contribution >= 4 is 23.4 Å². The molecule has 0 aliphatic rings. The number of nitrogens with one attached hydrogen (secondary N) is 1. The normalized spacial score (nSPS) is 13.2. The van der Waals surface area contributed by atoms with Gasteiger partial charge in [0.15, 0.2) is 6.61 Å². The number of nitrogens with zero attached hydrogens (tertiary/aromatic N) is 1. The van der Waals surface area contributed by atoms with Crippen molar-refractivity contribution in [1.82, 2.24) is 10.2 Å². The first-order chi connectivity index (χ1) is 15.6. The van der Waals surface area contributed by atoms with Crippen molar-refractivity contribution in [2.24, 2.45) is 0 Å². The molecule has 2 aromatic rings. The summed E-state index contributed by atoms with van der Waals surface area (Å²) < 4.78 is 6.00. The molecule has 0 saturated carbocycles. The summed E-state index contributed by atoms with van der Waals surface area (Å²) in [5, 5.41) is 3.57. The van der Waals surface area contributed by atoms with E-state index in [0.29, 0.717) is 17.2 Å². The van der Waals surface area contributed by atoms with Gasteiger partial charge in [-0.1, -0.05) is 82.6 Å². The van der Waals surface area contributed by atoms with Crippen LogP contribution < -0.4 is 10.1 Å². The summed E-state index contributed by atoms with van der Waals surface area (Å²) in [4.78, 5) is 28.1. The number of hydrogen-bond donors (Lipinski definition) is 1. The number of amides is 2. The van der Waals surface area contributed by atoms with Gasteiger partial charge in [-0.2, -0.15) is 0 Å². The SMILES string of the molecule is CC[C@H](C(=O)N[C@@H](C)CC)N(Cc1ccccc1Cl)C(=O)COc1ccccc1C(C)(C)C. The van der Waals surface area contributed by atoms with Crippen molar-refractivity contribution < 1.29 is 14.3 Å². The average Bonchev–Trinajstić information content (AvgIpc) is 2.78. The first kappa shape index (κ1) is 26.7. The third kappa shape index (κ3) is 7.50. The number of hydrogen-bond acceptors (Lipinski definition) is 3. The third-order valence-electron chi connectivity index (χ3n) is 5.73. The molecule has 0 aliphatic heterocycles. The first-order valence-corrected chi connectivity index (χ1v) is 12.0. The maximum absolute atomic E-state index is 13.4. The molecule has 0 saturated heterocycles. The zero-order valence-electron chi connectivity index (χ0n) is 20.7. The van der Waals surface area contributed by atoms with Crippen molar-refractivity contribution in [2.75, 3.05) is 6.61 Å². The Morgan fingerprint density at radius 1 is 1.03 bits per heavy atom. The topological polar surface area (TPSA) is 58.6 Å². The van der Waals surface area contributed by atoms with Crippen molar-refractivity contribution in [2.45, 2.75) is 78.4 Å². The minimum atomic E-state index is -0.621. The number of rotatable bonds is 10. The van der Waals surface area contributed by atoms with Gasteiger partial charge in [0.1, 0.15) is 11.8 Å². The van der Waals surface area contributed by atoms with Crippen LogP contribution in [-0.4, -0.2) is 35.4 Å². The minimum absolute atomic E-state index is 0.0266. The molecule has 0 aromatic heterocycles. The van der Waals surface area contributed by atoms with Gasteiger partial charge in [-0.3, -0.25) is 9.59 Å². The molecule has 2 atom stereocenters. The van der Waals surface area contributed by atoms with Gasteiger partial charge in [0.25, 0.3) is 5.91 Å². The molecule has 2 rings (SSSR count). The largest absolute Gasteiger partial charge is 0.483 e. The van der Waals surface area contributed by atoms with Gasteiger partial charge < -0.3 is 15.0 Å². The molecule has 2 amide bonds. The van der Waals surface area contributed by atoms with E-state index in [9.17, 15) is 9.59 Å². The molecular formula is C27H37ClN2O3. The van der Waals surface area contributed by atoms with E-state index in [1.807, 2.05) is 63.2 Å². The Kier molecular flexibility index (Phi) is 9.78. The Labute approximate surface area is 203 Å². The molecule has 2 aromatic carbocycles. The predicted octanol–water partition coefficient (Wildman–Crippen LogP) is 5.74. The standard InChI is InChI=1S/C27H37ClN2O3/c1-7-19(3)29-26(32)23(8-2)30(17-20-13-9-11-15-22(20)28)25(31)18-33-24-16-12-10-14-21(24)27(4,5)6/h9-16,19,23H,7-8,17-18H2,1-6H3,(H,29,32)/t19-,23+/m0/s1. The van der Waals surface area contributed by atoms with Crippen LogP contribution >= 0.6 is 11.6 Å². The molecule has 0 heterocycles. The van der Waals surface area contributed by atoms with Crippen molar-refractivity contribution in [3.05, 3.63) is 64.7 Å². The summed E-state index contributed by atoms with van der Waals surface area (Å²) in [6.45, 7) is 12.3. The summed E-state index contributed by atoms with van der Waals surface area (Å²) in [5.41, 5.74) is 1.69. The predicted molar refractivity (Wildman–Crippen MR) is 135 cm³/mol. The van der Waals surface area contributed by atoms with Crippen LogP contribution in [0.25, 0.3) is 0 Å². The molecule has 5 nitrogen and oxygen atoms in total. The van der Waals surface area contributed by atoms with Crippen LogP contribution in [0, 0.1) is 0 Å². The van der Waals surface area contributed by atoms with E-state index in [1.165, 1.54) is 0 Å². The molecule has 6 heteroatoms. The first-order valence-electron chi connectivity index (χ1n) is 11.6. The van der Waals surface area contributed by atoms with E-state index in [0.717, 1.165) is 17.5 Å². The Balaban J connectivity index is 2.30. The quantitative estimate of drug-likeness (QED) is 0.479.